The lowest BCUT2D eigenvalue weighted by atomic mass is 10.1. The van der Waals surface area contributed by atoms with E-state index in [9.17, 15) is 4.79 Å². The van der Waals surface area contributed by atoms with Gasteiger partial charge in [0, 0.05) is 5.56 Å². The first-order chi connectivity index (χ1) is 14.5. The van der Waals surface area contributed by atoms with Gasteiger partial charge in [-0.1, -0.05) is 23.9 Å². The first-order valence-electron chi connectivity index (χ1n) is 9.72. The van der Waals surface area contributed by atoms with Gasteiger partial charge in [-0.15, -0.1) is 10.2 Å². The van der Waals surface area contributed by atoms with Crippen LogP contribution in [0.25, 0.3) is 11.5 Å². The molecular weight excluding hydrogens is 402 g/mol. The number of benzene rings is 2. The summed E-state index contributed by atoms with van der Waals surface area (Å²) < 4.78 is 16.8. The summed E-state index contributed by atoms with van der Waals surface area (Å²) in [5.74, 6) is 1.96. The Morgan fingerprint density at radius 1 is 1.07 bits per heavy atom. The van der Waals surface area contributed by atoms with Crippen molar-refractivity contribution in [1.29, 1.82) is 0 Å². The molecule has 2 aromatic carbocycles. The fourth-order valence-corrected chi connectivity index (χ4v) is 3.66. The number of aromatic nitrogens is 2. The van der Waals surface area contributed by atoms with Crippen LogP contribution in [-0.4, -0.2) is 35.1 Å². The van der Waals surface area contributed by atoms with Gasteiger partial charge in [-0.2, -0.15) is 0 Å². The minimum absolute atomic E-state index is 0.117. The highest BCUT2D eigenvalue weighted by atomic mass is 32.2. The molecule has 0 saturated carbocycles. The highest BCUT2D eigenvalue weighted by molar-refractivity contribution is 7.99. The summed E-state index contributed by atoms with van der Waals surface area (Å²) in [6.45, 7) is 7.11. The van der Waals surface area contributed by atoms with E-state index in [0.717, 1.165) is 22.4 Å². The van der Waals surface area contributed by atoms with E-state index in [1.807, 2.05) is 50.2 Å². The number of fused-ring (bicyclic) bond motifs is 1. The van der Waals surface area contributed by atoms with E-state index in [-0.39, 0.29) is 17.7 Å². The van der Waals surface area contributed by atoms with Crippen LogP contribution in [0.2, 0.25) is 0 Å². The molecular formula is C22H23N3O4S. The third-order valence-corrected chi connectivity index (χ3v) is 5.75. The van der Waals surface area contributed by atoms with Crippen molar-refractivity contribution in [2.75, 3.05) is 19.0 Å². The van der Waals surface area contributed by atoms with Crippen LogP contribution in [0.5, 0.6) is 11.5 Å². The topological polar surface area (TPSA) is 86.5 Å². The van der Waals surface area contributed by atoms with E-state index in [4.69, 9.17) is 13.9 Å². The monoisotopic (exact) mass is 425 g/mol. The normalized spacial score (nSPS) is 13.7. The number of aryl methyl sites for hydroxylation is 2. The molecule has 0 bridgehead atoms. The lowest BCUT2D eigenvalue weighted by Crippen LogP contribution is -2.28. The number of thioether (sulfide) groups is 1. The number of nitrogens with one attached hydrogen (secondary N) is 1. The Morgan fingerprint density at radius 2 is 1.87 bits per heavy atom. The van der Waals surface area contributed by atoms with E-state index in [1.165, 1.54) is 17.3 Å². The van der Waals surface area contributed by atoms with Crippen molar-refractivity contribution in [3.8, 4) is 23.0 Å². The maximum atomic E-state index is 12.4. The van der Waals surface area contributed by atoms with Gasteiger partial charge in [-0.25, -0.2) is 0 Å². The first kappa shape index (κ1) is 20.3. The second-order valence-corrected chi connectivity index (χ2v) is 8.08. The lowest BCUT2D eigenvalue weighted by Gasteiger charge is -2.21. The predicted molar refractivity (Wildman–Crippen MR) is 114 cm³/mol. The van der Waals surface area contributed by atoms with Gasteiger partial charge >= 0.3 is 0 Å². The van der Waals surface area contributed by atoms with Gasteiger partial charge in [0.05, 0.1) is 11.8 Å². The highest BCUT2D eigenvalue weighted by Crippen LogP contribution is 2.32. The molecule has 3 aromatic rings. The van der Waals surface area contributed by atoms with Crippen LogP contribution >= 0.6 is 11.8 Å². The molecule has 0 aliphatic carbocycles. The fraction of sp³-hybridized carbons (Fsp3) is 0.318. The van der Waals surface area contributed by atoms with Crippen molar-refractivity contribution < 1.29 is 18.7 Å². The molecule has 0 unspecified atom stereocenters. The third kappa shape index (κ3) is 4.59. The Balaban J connectivity index is 1.32. The largest absolute Gasteiger partial charge is 0.486 e. The summed E-state index contributed by atoms with van der Waals surface area (Å²) in [5.41, 5.74) is 4.19. The van der Waals surface area contributed by atoms with Crippen LogP contribution in [0.1, 0.15) is 29.7 Å². The molecule has 4 rings (SSSR count). The van der Waals surface area contributed by atoms with Crippen molar-refractivity contribution in [1.82, 2.24) is 15.5 Å². The quantitative estimate of drug-likeness (QED) is 0.595. The van der Waals surface area contributed by atoms with Gasteiger partial charge in [-0.3, -0.25) is 4.79 Å². The summed E-state index contributed by atoms with van der Waals surface area (Å²) in [6.07, 6.45) is 0. The van der Waals surface area contributed by atoms with Gasteiger partial charge < -0.3 is 19.2 Å². The van der Waals surface area contributed by atoms with Gasteiger partial charge in [0.2, 0.25) is 11.8 Å². The SMILES string of the molecule is Cc1ccc(-c2nnc(SCC(=O)N[C@H](C)c3ccc4c(c3)OCCO4)o2)cc1C. The molecule has 1 aliphatic rings. The smallest absolute Gasteiger partial charge is 0.277 e. The molecule has 0 fully saturated rings. The molecule has 30 heavy (non-hydrogen) atoms. The molecule has 1 N–H and O–H groups in total. The fourth-order valence-electron chi connectivity index (χ4n) is 3.08. The minimum Gasteiger partial charge on any atom is -0.486 e. The van der Waals surface area contributed by atoms with Gasteiger partial charge in [0.15, 0.2) is 11.5 Å². The second-order valence-electron chi connectivity index (χ2n) is 7.15. The molecule has 156 valence electrons. The number of amides is 1. The van der Waals surface area contributed by atoms with Crippen molar-refractivity contribution in [2.24, 2.45) is 0 Å². The first-order valence-corrected chi connectivity index (χ1v) is 10.7. The molecule has 7 nitrogen and oxygen atoms in total. The Hall–Kier alpha value is -3.00. The van der Waals surface area contributed by atoms with Crippen LogP contribution in [0, 0.1) is 13.8 Å². The van der Waals surface area contributed by atoms with E-state index < -0.39 is 0 Å². The number of carbonyl (C=O) groups excluding carboxylic acids is 1. The Kier molecular flexibility index (Phi) is 5.94. The maximum absolute atomic E-state index is 12.4. The molecule has 2 heterocycles. The molecule has 0 saturated heterocycles. The minimum atomic E-state index is -0.164. The average molecular weight is 426 g/mol. The number of carbonyl (C=O) groups is 1. The molecule has 8 heteroatoms. The molecule has 1 amide bonds. The van der Waals surface area contributed by atoms with Crippen LogP contribution < -0.4 is 14.8 Å². The number of nitrogens with zero attached hydrogens (tertiary/aromatic N) is 2. The molecule has 1 aromatic heterocycles. The van der Waals surface area contributed by atoms with Crippen LogP contribution in [-0.2, 0) is 4.79 Å². The number of rotatable bonds is 6. The van der Waals surface area contributed by atoms with Gasteiger partial charge in [0.25, 0.3) is 5.22 Å². The van der Waals surface area contributed by atoms with Gasteiger partial charge in [-0.05, 0) is 61.7 Å². The summed E-state index contributed by atoms with van der Waals surface area (Å²) in [5, 5.41) is 11.5. The molecule has 1 aliphatic heterocycles. The summed E-state index contributed by atoms with van der Waals surface area (Å²) >= 11 is 1.21. The lowest BCUT2D eigenvalue weighted by molar-refractivity contribution is -0.119. The van der Waals surface area contributed by atoms with Gasteiger partial charge in [0.1, 0.15) is 13.2 Å². The Morgan fingerprint density at radius 3 is 2.67 bits per heavy atom. The zero-order chi connectivity index (χ0) is 21.1. The van der Waals surface area contributed by atoms with Crippen molar-refractivity contribution >= 4 is 17.7 Å². The molecule has 0 radical (unpaired) electrons. The van der Waals surface area contributed by atoms with E-state index in [0.29, 0.717) is 30.1 Å². The maximum Gasteiger partial charge on any atom is 0.277 e. The number of ether oxygens (including phenoxy) is 2. The Bertz CT molecular complexity index is 1070. The summed E-state index contributed by atoms with van der Waals surface area (Å²) in [4.78, 5) is 12.4. The van der Waals surface area contributed by atoms with Crippen LogP contribution in [0.3, 0.4) is 0 Å². The van der Waals surface area contributed by atoms with Crippen LogP contribution in [0.15, 0.2) is 46.0 Å². The third-order valence-electron chi connectivity index (χ3n) is 4.93. The van der Waals surface area contributed by atoms with E-state index in [1.54, 1.807) is 0 Å². The summed E-state index contributed by atoms with van der Waals surface area (Å²) in [6, 6.07) is 11.5. The average Bonchev–Trinajstić information content (AvgIpc) is 3.23. The second kappa shape index (κ2) is 8.79. The summed E-state index contributed by atoms with van der Waals surface area (Å²) in [7, 11) is 0. The standard InChI is InChI=1S/C22H23N3O4S/c1-13-4-5-17(10-14(13)2)21-24-25-22(29-21)30-12-20(26)23-15(3)16-6-7-18-19(11-16)28-9-8-27-18/h4-7,10-11,15H,8-9,12H2,1-3H3,(H,23,26)/t15-/m1/s1. The van der Waals surface area contributed by atoms with Crippen molar-refractivity contribution in [3.63, 3.8) is 0 Å². The zero-order valence-corrected chi connectivity index (χ0v) is 17.9. The highest BCUT2D eigenvalue weighted by Gasteiger charge is 2.17. The number of hydrogen-bond acceptors (Lipinski definition) is 7. The molecule has 1 atom stereocenters. The van der Waals surface area contributed by atoms with E-state index in [2.05, 4.69) is 22.4 Å². The zero-order valence-electron chi connectivity index (χ0n) is 17.1. The van der Waals surface area contributed by atoms with E-state index >= 15 is 0 Å². The number of hydrogen-bond donors (Lipinski definition) is 1. The molecule has 0 spiro atoms. The van der Waals surface area contributed by atoms with Crippen molar-refractivity contribution in [2.45, 2.75) is 32.0 Å². The van der Waals surface area contributed by atoms with Crippen molar-refractivity contribution in [3.05, 3.63) is 53.1 Å². The van der Waals surface area contributed by atoms with Crippen LogP contribution in [0.4, 0.5) is 0 Å². The Labute approximate surface area is 179 Å². The predicted octanol–water partition coefficient (Wildman–Crippen LogP) is 4.09.